The Morgan fingerprint density at radius 3 is 2.60 bits per heavy atom. The summed E-state index contributed by atoms with van der Waals surface area (Å²) >= 11 is 5.93. The lowest BCUT2D eigenvalue weighted by atomic mass is 10.1. The van der Waals surface area contributed by atoms with E-state index in [1.807, 2.05) is 0 Å². The number of rotatable bonds is 2. The minimum absolute atomic E-state index is 0.0664. The number of nitrogens with two attached hydrogens (primary N) is 1. The number of carbonyl (C=O) groups excluding carboxylic acids is 2. The van der Waals surface area contributed by atoms with Crippen molar-refractivity contribution >= 4 is 40.0 Å². The molecule has 2 aromatic carbocycles. The van der Waals surface area contributed by atoms with E-state index in [-0.39, 0.29) is 16.8 Å². The fraction of sp³-hybridized carbons (Fsp3) is 0. The summed E-state index contributed by atoms with van der Waals surface area (Å²) in [5, 5.41) is 0.981. The number of hydrogen-bond acceptors (Lipinski definition) is 4. The number of hydrazine groups is 1. The van der Waals surface area contributed by atoms with Crippen LogP contribution in [-0.4, -0.2) is 16.8 Å². The maximum absolute atomic E-state index is 13.1. The number of pyridine rings is 1. The summed E-state index contributed by atoms with van der Waals surface area (Å²) in [6.07, 6.45) is 1.30. The van der Waals surface area contributed by atoms with Crippen LogP contribution >= 0.6 is 11.6 Å². The number of fused-ring (bicyclic) bond motifs is 1. The van der Waals surface area contributed by atoms with Gasteiger partial charge in [0.05, 0.1) is 16.8 Å². The smallest absolute Gasteiger partial charge is 0.273 e. The minimum Gasteiger partial charge on any atom is -0.397 e. The highest BCUT2D eigenvalue weighted by Gasteiger charge is 2.15. The van der Waals surface area contributed by atoms with Gasteiger partial charge in [0.1, 0.15) is 5.82 Å². The SMILES string of the molecule is Nc1c(C(=O)NNC(=O)c2cccc(F)c2)cnc2ccc(Cl)cc12. The Balaban J connectivity index is 1.78. The number of nitrogens with zero attached hydrogens (tertiary/aromatic N) is 1. The number of nitrogen functional groups attached to an aromatic ring is 1. The Hall–Kier alpha value is -3.19. The largest absolute Gasteiger partial charge is 0.397 e. The first-order valence-electron chi connectivity index (χ1n) is 7.15. The fourth-order valence-electron chi connectivity index (χ4n) is 2.25. The quantitative estimate of drug-likeness (QED) is 0.613. The highest BCUT2D eigenvalue weighted by Crippen LogP contribution is 2.25. The molecule has 25 heavy (non-hydrogen) atoms. The molecule has 0 aliphatic rings. The van der Waals surface area contributed by atoms with E-state index in [2.05, 4.69) is 15.8 Å². The summed E-state index contributed by atoms with van der Waals surface area (Å²) in [4.78, 5) is 28.3. The molecule has 0 bridgehead atoms. The van der Waals surface area contributed by atoms with Crippen molar-refractivity contribution in [2.45, 2.75) is 0 Å². The normalized spacial score (nSPS) is 10.5. The van der Waals surface area contributed by atoms with Crippen molar-refractivity contribution in [1.82, 2.24) is 15.8 Å². The monoisotopic (exact) mass is 358 g/mol. The summed E-state index contributed by atoms with van der Waals surface area (Å²) in [6.45, 7) is 0. The third-order valence-electron chi connectivity index (χ3n) is 3.49. The first kappa shape index (κ1) is 16.7. The van der Waals surface area contributed by atoms with Crippen LogP contribution in [-0.2, 0) is 0 Å². The van der Waals surface area contributed by atoms with E-state index in [0.29, 0.717) is 15.9 Å². The standard InChI is InChI=1S/C17H12ClFN4O2/c18-10-4-5-14-12(7-10)15(20)13(8-21-14)17(25)23-22-16(24)9-2-1-3-11(19)6-9/h1-8H,(H2,20,21)(H,22,24)(H,23,25). The molecule has 2 amide bonds. The highest BCUT2D eigenvalue weighted by molar-refractivity contribution is 6.31. The van der Waals surface area contributed by atoms with Crippen LogP contribution in [0.5, 0.6) is 0 Å². The second-order valence-electron chi connectivity index (χ2n) is 5.17. The molecule has 0 unspecified atom stereocenters. The van der Waals surface area contributed by atoms with Crippen molar-refractivity contribution in [3.8, 4) is 0 Å². The van der Waals surface area contributed by atoms with E-state index < -0.39 is 17.6 Å². The molecule has 0 aliphatic carbocycles. The van der Waals surface area contributed by atoms with Crippen molar-refractivity contribution in [3.63, 3.8) is 0 Å². The summed E-state index contributed by atoms with van der Waals surface area (Å²) in [6, 6.07) is 10.0. The van der Waals surface area contributed by atoms with Crippen LogP contribution in [0.2, 0.25) is 5.02 Å². The Morgan fingerprint density at radius 1 is 1.08 bits per heavy atom. The third-order valence-corrected chi connectivity index (χ3v) is 3.73. The van der Waals surface area contributed by atoms with Gasteiger partial charge in [-0.3, -0.25) is 25.4 Å². The van der Waals surface area contributed by atoms with Gasteiger partial charge in [-0.25, -0.2) is 4.39 Å². The number of amides is 2. The number of benzene rings is 2. The van der Waals surface area contributed by atoms with E-state index >= 15 is 0 Å². The average Bonchev–Trinajstić information content (AvgIpc) is 2.60. The molecule has 126 valence electrons. The molecular weight excluding hydrogens is 347 g/mol. The Labute approximate surface area is 146 Å². The van der Waals surface area contributed by atoms with Gasteiger partial charge in [0.2, 0.25) is 0 Å². The van der Waals surface area contributed by atoms with E-state index in [9.17, 15) is 14.0 Å². The Morgan fingerprint density at radius 2 is 1.84 bits per heavy atom. The van der Waals surface area contributed by atoms with Crippen molar-refractivity contribution < 1.29 is 14.0 Å². The van der Waals surface area contributed by atoms with Gasteiger partial charge in [0.25, 0.3) is 11.8 Å². The number of nitrogens with one attached hydrogen (secondary N) is 2. The van der Waals surface area contributed by atoms with Gasteiger partial charge >= 0.3 is 0 Å². The van der Waals surface area contributed by atoms with Crippen LogP contribution in [0, 0.1) is 5.82 Å². The second-order valence-corrected chi connectivity index (χ2v) is 5.60. The Bertz CT molecular complexity index is 994. The molecule has 1 heterocycles. The number of halogens is 2. The summed E-state index contributed by atoms with van der Waals surface area (Å²) < 4.78 is 13.1. The molecular formula is C17H12ClFN4O2. The molecule has 1 aromatic heterocycles. The lowest BCUT2D eigenvalue weighted by Crippen LogP contribution is -2.42. The maximum atomic E-state index is 13.1. The Kier molecular flexibility index (Phi) is 4.49. The van der Waals surface area contributed by atoms with Crippen molar-refractivity contribution in [2.24, 2.45) is 0 Å². The zero-order valence-corrected chi connectivity index (χ0v) is 13.5. The molecule has 0 aliphatic heterocycles. The summed E-state index contributed by atoms with van der Waals surface area (Å²) in [5.41, 5.74) is 11.3. The predicted octanol–water partition coefficient (Wildman–Crippen LogP) is 2.68. The number of anilines is 1. The van der Waals surface area contributed by atoms with Gasteiger partial charge < -0.3 is 5.73 Å². The molecule has 6 nitrogen and oxygen atoms in total. The van der Waals surface area contributed by atoms with E-state index in [1.54, 1.807) is 18.2 Å². The summed E-state index contributed by atoms with van der Waals surface area (Å²) in [5.74, 6) is -1.88. The first-order chi connectivity index (χ1) is 12.0. The lowest BCUT2D eigenvalue weighted by molar-refractivity contribution is 0.0847. The minimum atomic E-state index is -0.664. The van der Waals surface area contributed by atoms with E-state index in [4.69, 9.17) is 17.3 Å². The van der Waals surface area contributed by atoms with Gasteiger partial charge in [-0.2, -0.15) is 0 Å². The van der Waals surface area contributed by atoms with E-state index in [1.165, 1.54) is 24.4 Å². The van der Waals surface area contributed by atoms with Crippen LogP contribution in [0.25, 0.3) is 10.9 Å². The van der Waals surface area contributed by atoms with Gasteiger partial charge in [0.15, 0.2) is 0 Å². The zero-order valence-electron chi connectivity index (χ0n) is 12.7. The van der Waals surface area contributed by atoms with Crippen LogP contribution in [0.3, 0.4) is 0 Å². The molecule has 0 atom stereocenters. The highest BCUT2D eigenvalue weighted by atomic mass is 35.5. The first-order valence-corrected chi connectivity index (χ1v) is 7.53. The maximum Gasteiger partial charge on any atom is 0.273 e. The fourth-order valence-corrected chi connectivity index (χ4v) is 2.42. The van der Waals surface area contributed by atoms with Crippen LogP contribution < -0.4 is 16.6 Å². The van der Waals surface area contributed by atoms with Gasteiger partial charge in [0, 0.05) is 22.2 Å². The number of aromatic nitrogens is 1. The topological polar surface area (TPSA) is 97.1 Å². The third kappa shape index (κ3) is 3.51. The van der Waals surface area contributed by atoms with Gasteiger partial charge in [-0.1, -0.05) is 17.7 Å². The molecule has 0 fully saturated rings. The second kappa shape index (κ2) is 6.74. The molecule has 0 saturated carbocycles. The average molecular weight is 359 g/mol. The molecule has 0 saturated heterocycles. The predicted molar refractivity (Wildman–Crippen MR) is 92.5 cm³/mol. The van der Waals surface area contributed by atoms with Gasteiger partial charge in [-0.15, -0.1) is 0 Å². The molecule has 4 N–H and O–H groups in total. The van der Waals surface area contributed by atoms with Crippen molar-refractivity contribution in [3.05, 3.63) is 70.6 Å². The van der Waals surface area contributed by atoms with Crippen LogP contribution in [0.15, 0.2) is 48.7 Å². The zero-order chi connectivity index (χ0) is 18.0. The summed E-state index contributed by atoms with van der Waals surface area (Å²) in [7, 11) is 0. The van der Waals surface area contributed by atoms with Crippen LogP contribution in [0.4, 0.5) is 10.1 Å². The van der Waals surface area contributed by atoms with Crippen LogP contribution in [0.1, 0.15) is 20.7 Å². The molecule has 8 heteroatoms. The number of hydrogen-bond donors (Lipinski definition) is 3. The van der Waals surface area contributed by atoms with Crippen molar-refractivity contribution in [1.29, 1.82) is 0 Å². The van der Waals surface area contributed by atoms with Crippen molar-refractivity contribution in [2.75, 3.05) is 5.73 Å². The molecule has 3 rings (SSSR count). The molecule has 3 aromatic rings. The van der Waals surface area contributed by atoms with Gasteiger partial charge in [-0.05, 0) is 36.4 Å². The van der Waals surface area contributed by atoms with E-state index in [0.717, 1.165) is 6.07 Å². The molecule has 0 radical (unpaired) electrons. The lowest BCUT2D eigenvalue weighted by Gasteiger charge is -2.10. The number of carbonyl (C=O) groups is 2. The molecule has 0 spiro atoms.